The van der Waals surface area contributed by atoms with Crippen LogP contribution < -0.4 is 0 Å². The number of imidazole rings is 1. The first kappa shape index (κ1) is 12.6. The van der Waals surface area contributed by atoms with Gasteiger partial charge < -0.3 is 10.1 Å². The standard InChI is InChI=1S/C11H8F4N2O/c12-8-3-1-2-7(11(13,14)15)9(8)10-16-4-6(5-18)17-10/h1-4,18H,5H2,(H,16,17). The summed E-state index contributed by atoms with van der Waals surface area (Å²) in [5.74, 6) is -1.28. The van der Waals surface area contributed by atoms with Crippen molar-refractivity contribution < 1.29 is 22.7 Å². The van der Waals surface area contributed by atoms with E-state index in [0.29, 0.717) is 0 Å². The first-order valence-corrected chi connectivity index (χ1v) is 4.94. The van der Waals surface area contributed by atoms with Crippen LogP contribution in [0.4, 0.5) is 17.6 Å². The molecule has 96 valence electrons. The van der Waals surface area contributed by atoms with E-state index >= 15 is 0 Å². The second kappa shape index (κ2) is 4.41. The zero-order chi connectivity index (χ0) is 13.3. The number of aliphatic hydroxyl groups is 1. The lowest BCUT2D eigenvalue weighted by molar-refractivity contribution is -0.137. The number of hydrogen-bond acceptors (Lipinski definition) is 2. The van der Waals surface area contributed by atoms with Crippen LogP contribution in [0.15, 0.2) is 24.4 Å². The van der Waals surface area contributed by atoms with Crippen LogP contribution in [0.2, 0.25) is 0 Å². The van der Waals surface area contributed by atoms with Gasteiger partial charge in [-0.25, -0.2) is 9.37 Å². The van der Waals surface area contributed by atoms with Crippen LogP contribution in [0.3, 0.4) is 0 Å². The second-order valence-corrected chi connectivity index (χ2v) is 3.58. The summed E-state index contributed by atoms with van der Waals surface area (Å²) in [6.45, 7) is -0.414. The summed E-state index contributed by atoms with van der Waals surface area (Å²) >= 11 is 0. The van der Waals surface area contributed by atoms with Crippen molar-refractivity contribution in [3.63, 3.8) is 0 Å². The van der Waals surface area contributed by atoms with Gasteiger partial charge in [0.05, 0.1) is 29.6 Å². The van der Waals surface area contributed by atoms with Crippen molar-refractivity contribution in [3.05, 3.63) is 41.5 Å². The molecule has 0 bridgehead atoms. The zero-order valence-corrected chi connectivity index (χ0v) is 8.92. The van der Waals surface area contributed by atoms with Gasteiger partial charge in [0, 0.05) is 0 Å². The second-order valence-electron chi connectivity index (χ2n) is 3.58. The van der Waals surface area contributed by atoms with Crippen molar-refractivity contribution in [2.45, 2.75) is 12.8 Å². The Morgan fingerprint density at radius 2 is 2.00 bits per heavy atom. The SMILES string of the molecule is OCc1cnc(-c2c(F)cccc2C(F)(F)F)[nH]1. The fraction of sp³-hybridized carbons (Fsp3) is 0.182. The highest BCUT2D eigenvalue weighted by Crippen LogP contribution is 2.37. The Hall–Kier alpha value is -1.89. The Kier molecular flexibility index (Phi) is 3.08. The number of alkyl halides is 3. The summed E-state index contributed by atoms with van der Waals surface area (Å²) in [6, 6.07) is 2.68. The van der Waals surface area contributed by atoms with Gasteiger partial charge in [-0.05, 0) is 12.1 Å². The Morgan fingerprint density at radius 1 is 1.28 bits per heavy atom. The number of aliphatic hydroxyl groups excluding tert-OH is 1. The van der Waals surface area contributed by atoms with E-state index in [1.807, 2.05) is 0 Å². The van der Waals surface area contributed by atoms with E-state index < -0.39 is 29.7 Å². The summed E-state index contributed by atoms with van der Waals surface area (Å²) in [7, 11) is 0. The third-order valence-electron chi connectivity index (χ3n) is 2.35. The molecule has 0 aliphatic rings. The number of benzene rings is 1. The minimum absolute atomic E-state index is 0.210. The van der Waals surface area contributed by atoms with Crippen LogP contribution in [0.25, 0.3) is 11.4 Å². The third-order valence-corrected chi connectivity index (χ3v) is 2.35. The van der Waals surface area contributed by atoms with Crippen LogP contribution in [0.1, 0.15) is 11.3 Å². The van der Waals surface area contributed by atoms with Crippen LogP contribution in [0.5, 0.6) is 0 Å². The van der Waals surface area contributed by atoms with E-state index in [2.05, 4.69) is 9.97 Å². The van der Waals surface area contributed by atoms with Crippen molar-refractivity contribution in [2.75, 3.05) is 0 Å². The highest BCUT2D eigenvalue weighted by Gasteiger charge is 2.35. The molecular formula is C11H8F4N2O. The molecule has 3 nitrogen and oxygen atoms in total. The van der Waals surface area contributed by atoms with E-state index in [9.17, 15) is 17.6 Å². The molecule has 7 heteroatoms. The molecule has 0 saturated heterocycles. The molecule has 18 heavy (non-hydrogen) atoms. The molecule has 1 aromatic carbocycles. The number of aromatic nitrogens is 2. The van der Waals surface area contributed by atoms with Crippen LogP contribution in [-0.2, 0) is 12.8 Å². The van der Waals surface area contributed by atoms with Gasteiger partial charge in [0.15, 0.2) is 0 Å². The summed E-state index contributed by atoms with van der Waals surface area (Å²) in [5, 5.41) is 8.81. The Labute approximate surface area is 99.1 Å². The van der Waals surface area contributed by atoms with Crippen molar-refractivity contribution in [1.82, 2.24) is 9.97 Å². The van der Waals surface area contributed by atoms with Gasteiger partial charge in [0.1, 0.15) is 11.6 Å². The molecule has 0 radical (unpaired) electrons. The molecule has 2 rings (SSSR count). The molecule has 1 heterocycles. The van der Waals surface area contributed by atoms with Gasteiger partial charge >= 0.3 is 6.18 Å². The summed E-state index contributed by atoms with van der Waals surface area (Å²) in [5.41, 5.74) is -1.55. The normalized spacial score (nSPS) is 11.8. The molecule has 0 aliphatic carbocycles. The largest absolute Gasteiger partial charge is 0.417 e. The van der Waals surface area contributed by atoms with E-state index in [1.54, 1.807) is 0 Å². The molecule has 0 aliphatic heterocycles. The molecule has 2 N–H and O–H groups in total. The maximum atomic E-state index is 13.6. The number of nitrogens with one attached hydrogen (secondary N) is 1. The van der Waals surface area contributed by atoms with Gasteiger partial charge in [-0.15, -0.1) is 0 Å². The fourth-order valence-corrected chi connectivity index (χ4v) is 1.57. The topological polar surface area (TPSA) is 48.9 Å². The van der Waals surface area contributed by atoms with Gasteiger partial charge in [0.25, 0.3) is 0 Å². The third kappa shape index (κ3) is 2.21. The molecule has 0 atom stereocenters. The minimum atomic E-state index is -4.68. The molecule has 1 aromatic heterocycles. The number of H-pyrrole nitrogens is 1. The predicted octanol–water partition coefficient (Wildman–Crippen LogP) is 2.73. The monoisotopic (exact) mass is 260 g/mol. The Morgan fingerprint density at radius 3 is 2.56 bits per heavy atom. The summed E-state index contributed by atoms with van der Waals surface area (Å²) in [6.07, 6.45) is -3.52. The van der Waals surface area contributed by atoms with Gasteiger partial charge in [-0.2, -0.15) is 13.2 Å². The van der Waals surface area contributed by atoms with E-state index in [4.69, 9.17) is 5.11 Å². The van der Waals surface area contributed by atoms with Gasteiger partial charge in [-0.1, -0.05) is 6.07 Å². The molecule has 0 fully saturated rings. The van der Waals surface area contributed by atoms with Crippen molar-refractivity contribution in [2.24, 2.45) is 0 Å². The number of hydrogen-bond donors (Lipinski definition) is 2. The quantitative estimate of drug-likeness (QED) is 0.815. The molecule has 0 amide bonds. The predicted molar refractivity (Wildman–Crippen MR) is 54.9 cm³/mol. The maximum absolute atomic E-state index is 13.6. The average molecular weight is 260 g/mol. The lowest BCUT2D eigenvalue weighted by Gasteiger charge is -2.11. The lowest BCUT2D eigenvalue weighted by atomic mass is 10.1. The van der Waals surface area contributed by atoms with E-state index in [0.717, 1.165) is 24.4 Å². The van der Waals surface area contributed by atoms with Crippen LogP contribution in [0, 0.1) is 5.82 Å². The first-order chi connectivity index (χ1) is 8.43. The first-order valence-electron chi connectivity index (χ1n) is 4.94. The molecule has 0 saturated carbocycles. The minimum Gasteiger partial charge on any atom is -0.390 e. The van der Waals surface area contributed by atoms with Gasteiger partial charge in [0.2, 0.25) is 0 Å². The number of rotatable bonds is 2. The fourth-order valence-electron chi connectivity index (χ4n) is 1.57. The van der Waals surface area contributed by atoms with Crippen molar-refractivity contribution in [3.8, 4) is 11.4 Å². The number of halogens is 4. The van der Waals surface area contributed by atoms with E-state index in [1.165, 1.54) is 0 Å². The Bertz CT molecular complexity index is 562. The smallest absolute Gasteiger partial charge is 0.390 e. The van der Waals surface area contributed by atoms with Crippen molar-refractivity contribution in [1.29, 1.82) is 0 Å². The highest BCUT2D eigenvalue weighted by molar-refractivity contribution is 5.62. The molecule has 2 aromatic rings. The molecular weight excluding hydrogens is 252 g/mol. The van der Waals surface area contributed by atoms with Crippen LogP contribution in [-0.4, -0.2) is 15.1 Å². The molecule has 0 spiro atoms. The average Bonchev–Trinajstić information content (AvgIpc) is 2.75. The lowest BCUT2D eigenvalue weighted by Crippen LogP contribution is -2.09. The number of aromatic amines is 1. The molecule has 0 unspecified atom stereocenters. The van der Waals surface area contributed by atoms with Crippen molar-refractivity contribution >= 4 is 0 Å². The van der Waals surface area contributed by atoms with Gasteiger partial charge in [-0.3, -0.25) is 0 Å². The van der Waals surface area contributed by atoms with Crippen LogP contribution >= 0.6 is 0 Å². The summed E-state index contributed by atoms with van der Waals surface area (Å²) in [4.78, 5) is 6.07. The number of nitrogens with zero attached hydrogens (tertiary/aromatic N) is 1. The summed E-state index contributed by atoms with van der Waals surface area (Å²) < 4.78 is 51.8. The highest BCUT2D eigenvalue weighted by atomic mass is 19.4. The Balaban J connectivity index is 2.62. The van der Waals surface area contributed by atoms with E-state index in [-0.39, 0.29) is 11.5 Å². The maximum Gasteiger partial charge on any atom is 0.417 e. The zero-order valence-electron chi connectivity index (χ0n) is 8.92.